The molecule has 1 aliphatic carbocycles. The third-order valence-corrected chi connectivity index (χ3v) is 6.65. The molecule has 1 aromatic heterocycles. The van der Waals surface area contributed by atoms with Crippen LogP contribution >= 0.6 is 11.3 Å². The summed E-state index contributed by atoms with van der Waals surface area (Å²) in [6.07, 6.45) is 5.40. The maximum absolute atomic E-state index is 12.4. The molecule has 7 nitrogen and oxygen atoms in total. The van der Waals surface area contributed by atoms with Gasteiger partial charge in [0.25, 0.3) is 11.6 Å². The van der Waals surface area contributed by atoms with E-state index in [0.29, 0.717) is 22.0 Å². The number of nitro groups is 1. The first-order valence-corrected chi connectivity index (χ1v) is 10.6. The minimum atomic E-state index is -0.542. The zero-order valence-corrected chi connectivity index (χ0v) is 18.0. The lowest BCUT2D eigenvalue weighted by molar-refractivity contribution is -0.384. The number of hydrogen-bond acceptors (Lipinski definition) is 5. The molecular formula is C22H25N3O4S. The van der Waals surface area contributed by atoms with Crippen molar-refractivity contribution < 1.29 is 14.5 Å². The molecule has 3 rings (SSSR count). The van der Waals surface area contributed by atoms with Gasteiger partial charge in [0, 0.05) is 23.1 Å². The number of nitrogens with zero attached hydrogens (tertiary/aromatic N) is 1. The fourth-order valence-electron chi connectivity index (χ4n) is 3.74. The van der Waals surface area contributed by atoms with Crippen LogP contribution in [0.1, 0.15) is 53.6 Å². The number of rotatable bonds is 5. The first-order valence-electron chi connectivity index (χ1n) is 9.74. The number of thiophene rings is 1. The summed E-state index contributed by atoms with van der Waals surface area (Å²) in [6.45, 7) is 6.64. The van der Waals surface area contributed by atoms with E-state index in [1.165, 1.54) is 35.6 Å². The van der Waals surface area contributed by atoms with Crippen LogP contribution in [0.15, 0.2) is 30.3 Å². The molecule has 0 radical (unpaired) electrons. The maximum Gasteiger partial charge on any atom is 0.270 e. The van der Waals surface area contributed by atoms with Gasteiger partial charge in [0.2, 0.25) is 5.91 Å². The molecule has 0 saturated carbocycles. The summed E-state index contributed by atoms with van der Waals surface area (Å²) in [5.74, 6) is -0.462. The number of hydrogen-bond donors (Lipinski definition) is 2. The standard InChI is InChI=1S/C22H25N3O4S/c1-22(2,3)14-8-9-16-17(12-14)30-21(19(16)20(23)27)24-18(26)10-7-13-5-4-6-15(11-13)25(28)29/h4-7,10-11,14H,8-9,12H2,1-3H3,(H2,23,27)(H,24,26)/b10-7-/t14-/m1/s1. The minimum absolute atomic E-state index is 0.0482. The number of fused-ring (bicyclic) bond motifs is 1. The number of carbonyl (C=O) groups excluding carboxylic acids is 2. The predicted molar refractivity (Wildman–Crippen MR) is 119 cm³/mol. The fourth-order valence-corrected chi connectivity index (χ4v) is 5.08. The molecule has 2 aromatic rings. The van der Waals surface area contributed by atoms with Gasteiger partial charge in [0.05, 0.1) is 10.5 Å². The lowest BCUT2D eigenvalue weighted by Crippen LogP contribution is -2.27. The average molecular weight is 428 g/mol. The average Bonchev–Trinajstić information content (AvgIpc) is 3.03. The van der Waals surface area contributed by atoms with Crippen molar-refractivity contribution in [3.05, 3.63) is 62.0 Å². The van der Waals surface area contributed by atoms with Crippen LogP contribution in [0.4, 0.5) is 10.7 Å². The van der Waals surface area contributed by atoms with Crippen LogP contribution in [0.3, 0.4) is 0 Å². The first kappa shape index (κ1) is 21.7. The summed E-state index contributed by atoms with van der Waals surface area (Å²) >= 11 is 1.41. The molecule has 1 aliphatic rings. The van der Waals surface area contributed by atoms with Gasteiger partial charge < -0.3 is 11.1 Å². The molecule has 0 bridgehead atoms. The molecule has 30 heavy (non-hydrogen) atoms. The Morgan fingerprint density at radius 2 is 2.07 bits per heavy atom. The van der Waals surface area contributed by atoms with Gasteiger partial charge in [-0.05, 0) is 47.8 Å². The van der Waals surface area contributed by atoms with E-state index >= 15 is 0 Å². The quantitative estimate of drug-likeness (QED) is 0.413. The molecule has 0 fully saturated rings. The Morgan fingerprint density at radius 3 is 2.70 bits per heavy atom. The Bertz CT molecular complexity index is 1030. The topological polar surface area (TPSA) is 115 Å². The van der Waals surface area contributed by atoms with Crippen LogP contribution in [0.5, 0.6) is 0 Å². The highest BCUT2D eigenvalue weighted by atomic mass is 32.1. The van der Waals surface area contributed by atoms with Crippen LogP contribution in [-0.2, 0) is 17.6 Å². The summed E-state index contributed by atoms with van der Waals surface area (Å²) < 4.78 is 0. The number of carbonyl (C=O) groups is 2. The van der Waals surface area contributed by atoms with Gasteiger partial charge >= 0.3 is 0 Å². The van der Waals surface area contributed by atoms with E-state index in [-0.39, 0.29) is 11.1 Å². The van der Waals surface area contributed by atoms with E-state index in [1.54, 1.807) is 12.1 Å². The third kappa shape index (κ3) is 4.76. The van der Waals surface area contributed by atoms with Crippen molar-refractivity contribution in [1.29, 1.82) is 0 Å². The van der Waals surface area contributed by atoms with Gasteiger partial charge in [0.15, 0.2) is 0 Å². The third-order valence-electron chi connectivity index (χ3n) is 5.48. The molecular weight excluding hydrogens is 402 g/mol. The van der Waals surface area contributed by atoms with E-state index in [9.17, 15) is 19.7 Å². The molecule has 1 heterocycles. The zero-order valence-electron chi connectivity index (χ0n) is 17.2. The summed E-state index contributed by atoms with van der Waals surface area (Å²) in [7, 11) is 0. The van der Waals surface area contributed by atoms with Gasteiger partial charge in [-0.1, -0.05) is 32.9 Å². The number of nitrogens with two attached hydrogens (primary N) is 1. The molecule has 1 aromatic carbocycles. The second kappa shape index (κ2) is 8.39. The number of nitro benzene ring substituents is 1. The molecule has 2 amide bonds. The molecule has 3 N–H and O–H groups in total. The lowest BCUT2D eigenvalue weighted by atomic mass is 9.72. The van der Waals surface area contributed by atoms with E-state index in [0.717, 1.165) is 29.7 Å². The van der Waals surface area contributed by atoms with Crippen LogP contribution in [0.2, 0.25) is 0 Å². The highest BCUT2D eigenvalue weighted by Gasteiger charge is 2.33. The van der Waals surface area contributed by atoms with Crippen molar-refractivity contribution in [3.8, 4) is 0 Å². The van der Waals surface area contributed by atoms with Crippen molar-refractivity contribution in [2.45, 2.75) is 40.0 Å². The lowest BCUT2D eigenvalue weighted by Gasteiger charge is -2.33. The summed E-state index contributed by atoms with van der Waals surface area (Å²) in [5.41, 5.74) is 7.63. The fraction of sp³-hybridized carbons (Fsp3) is 0.364. The second-order valence-electron chi connectivity index (χ2n) is 8.55. The number of anilines is 1. The summed E-state index contributed by atoms with van der Waals surface area (Å²) in [4.78, 5) is 36.0. The van der Waals surface area contributed by atoms with Crippen LogP contribution in [0, 0.1) is 21.4 Å². The number of benzene rings is 1. The number of non-ortho nitro benzene ring substituents is 1. The molecule has 8 heteroatoms. The molecule has 0 aliphatic heterocycles. The van der Waals surface area contributed by atoms with Crippen molar-refractivity contribution in [1.82, 2.24) is 0 Å². The number of primary amides is 1. The predicted octanol–water partition coefficient (Wildman–Crippen LogP) is 4.56. The van der Waals surface area contributed by atoms with E-state index < -0.39 is 16.7 Å². The highest BCUT2D eigenvalue weighted by Crippen LogP contribution is 2.44. The molecule has 0 saturated heterocycles. The monoisotopic (exact) mass is 427 g/mol. The largest absolute Gasteiger partial charge is 0.365 e. The molecule has 0 spiro atoms. The summed E-state index contributed by atoms with van der Waals surface area (Å²) in [6, 6.07) is 5.99. The van der Waals surface area contributed by atoms with Crippen molar-refractivity contribution >= 4 is 39.9 Å². The Hall–Kier alpha value is -3.00. The maximum atomic E-state index is 12.4. The van der Waals surface area contributed by atoms with Gasteiger partial charge in [-0.2, -0.15) is 0 Å². The Labute approximate surface area is 179 Å². The first-order chi connectivity index (χ1) is 14.1. The summed E-state index contributed by atoms with van der Waals surface area (Å²) in [5, 5.41) is 14.1. The van der Waals surface area contributed by atoms with Crippen molar-refractivity contribution in [2.75, 3.05) is 5.32 Å². The molecule has 158 valence electrons. The van der Waals surface area contributed by atoms with Crippen molar-refractivity contribution in [2.24, 2.45) is 17.1 Å². The molecule has 1 atom stereocenters. The van der Waals surface area contributed by atoms with E-state index in [1.807, 2.05) is 0 Å². The van der Waals surface area contributed by atoms with Gasteiger partial charge in [-0.3, -0.25) is 19.7 Å². The normalized spacial score (nSPS) is 16.3. The highest BCUT2D eigenvalue weighted by molar-refractivity contribution is 7.17. The van der Waals surface area contributed by atoms with Gasteiger partial charge in [-0.25, -0.2) is 0 Å². The Morgan fingerprint density at radius 1 is 1.33 bits per heavy atom. The smallest absolute Gasteiger partial charge is 0.270 e. The van der Waals surface area contributed by atoms with Crippen LogP contribution < -0.4 is 11.1 Å². The number of amides is 2. The number of nitrogens with one attached hydrogen (secondary N) is 1. The Kier molecular flexibility index (Phi) is 6.07. The van der Waals surface area contributed by atoms with Crippen molar-refractivity contribution in [3.63, 3.8) is 0 Å². The second-order valence-corrected chi connectivity index (χ2v) is 9.66. The SMILES string of the molecule is CC(C)(C)[C@@H]1CCc2c(sc(NC(=O)/C=C\c3cccc([N+](=O)[O-])c3)c2C(N)=O)C1. The van der Waals surface area contributed by atoms with E-state index in [2.05, 4.69) is 26.1 Å². The van der Waals surface area contributed by atoms with E-state index in [4.69, 9.17) is 5.73 Å². The van der Waals surface area contributed by atoms with Gasteiger partial charge in [0.1, 0.15) is 5.00 Å². The molecule has 0 unspecified atom stereocenters. The van der Waals surface area contributed by atoms with Crippen LogP contribution in [0.25, 0.3) is 6.08 Å². The Balaban J connectivity index is 1.80. The zero-order chi connectivity index (χ0) is 22.1. The van der Waals surface area contributed by atoms with Crippen LogP contribution in [-0.4, -0.2) is 16.7 Å². The minimum Gasteiger partial charge on any atom is -0.365 e. The van der Waals surface area contributed by atoms with Gasteiger partial charge in [-0.15, -0.1) is 11.3 Å².